The summed E-state index contributed by atoms with van der Waals surface area (Å²) in [6.07, 6.45) is 1.34. The Kier molecular flexibility index (Phi) is 12.1. The van der Waals surface area contributed by atoms with Gasteiger partial charge in [0.1, 0.15) is 11.4 Å². The fraction of sp³-hybridized carbons (Fsp3) is 0.600. The van der Waals surface area contributed by atoms with Gasteiger partial charge in [-0.05, 0) is 40.2 Å². The number of aliphatic imine (C=N–C) groups is 1. The van der Waals surface area contributed by atoms with E-state index in [1.54, 1.807) is 7.05 Å². The zero-order valence-corrected chi connectivity index (χ0v) is 19.7. The van der Waals surface area contributed by atoms with Crippen LogP contribution in [0.3, 0.4) is 0 Å². The maximum Gasteiger partial charge on any atom is 0.221 e. The number of para-hydroxylation sites is 1. The van der Waals surface area contributed by atoms with Gasteiger partial charge in [0.15, 0.2) is 5.96 Å². The van der Waals surface area contributed by atoms with Gasteiger partial charge in [-0.3, -0.25) is 9.79 Å². The van der Waals surface area contributed by atoms with E-state index < -0.39 is 0 Å². The molecular formula is C20H35IN4O2. The second kappa shape index (κ2) is 12.8. The van der Waals surface area contributed by atoms with Crippen LogP contribution in [0.15, 0.2) is 29.3 Å². The summed E-state index contributed by atoms with van der Waals surface area (Å²) >= 11 is 0. The number of nitrogens with zero attached hydrogens (tertiary/aromatic N) is 1. The van der Waals surface area contributed by atoms with Gasteiger partial charge in [-0.1, -0.05) is 25.1 Å². The molecule has 0 aliphatic rings. The number of carbonyl (C=O) groups excluding carboxylic acids is 1. The van der Waals surface area contributed by atoms with E-state index in [0.717, 1.165) is 17.7 Å². The molecule has 1 atom stereocenters. The van der Waals surface area contributed by atoms with E-state index in [2.05, 4.69) is 27.9 Å². The Bertz CT molecular complexity index is 600. The predicted octanol–water partition coefficient (Wildman–Crippen LogP) is 3.45. The van der Waals surface area contributed by atoms with Crippen molar-refractivity contribution in [2.75, 3.05) is 13.6 Å². The summed E-state index contributed by atoms with van der Waals surface area (Å²) in [5.74, 6) is 1.56. The number of halogens is 1. The van der Waals surface area contributed by atoms with Gasteiger partial charge in [0.2, 0.25) is 5.91 Å². The van der Waals surface area contributed by atoms with Crippen LogP contribution < -0.4 is 20.7 Å². The van der Waals surface area contributed by atoms with Crippen molar-refractivity contribution in [1.82, 2.24) is 16.0 Å². The molecule has 0 aliphatic heterocycles. The predicted molar refractivity (Wildman–Crippen MR) is 123 cm³/mol. The van der Waals surface area contributed by atoms with Crippen molar-refractivity contribution >= 4 is 35.8 Å². The van der Waals surface area contributed by atoms with E-state index >= 15 is 0 Å². The summed E-state index contributed by atoms with van der Waals surface area (Å²) in [4.78, 5) is 16.0. The maximum absolute atomic E-state index is 11.8. The van der Waals surface area contributed by atoms with Crippen LogP contribution in [-0.4, -0.2) is 37.1 Å². The van der Waals surface area contributed by atoms with Gasteiger partial charge in [-0.2, -0.15) is 0 Å². The summed E-state index contributed by atoms with van der Waals surface area (Å²) in [5.41, 5.74) is 0.804. The number of hydrogen-bond donors (Lipinski definition) is 3. The van der Waals surface area contributed by atoms with Crippen LogP contribution in [0.1, 0.15) is 53.0 Å². The van der Waals surface area contributed by atoms with E-state index in [0.29, 0.717) is 25.5 Å². The number of nitrogens with one attached hydrogen (secondary N) is 3. The third-order valence-corrected chi connectivity index (χ3v) is 3.72. The van der Waals surface area contributed by atoms with Gasteiger partial charge in [-0.25, -0.2) is 0 Å². The van der Waals surface area contributed by atoms with Crippen LogP contribution in [0.25, 0.3) is 0 Å². The third kappa shape index (κ3) is 11.0. The minimum atomic E-state index is -0.251. The maximum atomic E-state index is 11.8. The van der Waals surface area contributed by atoms with Crippen molar-refractivity contribution in [3.63, 3.8) is 0 Å². The molecule has 7 heteroatoms. The van der Waals surface area contributed by atoms with E-state index in [1.807, 2.05) is 52.0 Å². The number of benzene rings is 1. The average Bonchev–Trinajstić information content (AvgIpc) is 2.57. The largest absolute Gasteiger partial charge is 0.488 e. The first kappa shape index (κ1) is 25.5. The Morgan fingerprint density at radius 3 is 2.48 bits per heavy atom. The van der Waals surface area contributed by atoms with Crippen LogP contribution in [0.2, 0.25) is 0 Å². The van der Waals surface area contributed by atoms with Crippen LogP contribution in [0.4, 0.5) is 0 Å². The Morgan fingerprint density at radius 2 is 1.89 bits per heavy atom. The number of hydrogen-bond acceptors (Lipinski definition) is 3. The molecule has 0 bridgehead atoms. The van der Waals surface area contributed by atoms with Crippen molar-refractivity contribution in [3.8, 4) is 5.75 Å². The molecule has 0 aromatic heterocycles. The normalized spacial score (nSPS) is 12.6. The molecule has 1 aromatic carbocycles. The molecule has 0 heterocycles. The first-order valence-electron chi connectivity index (χ1n) is 9.26. The standard InChI is InChI=1S/C20H34N4O2.HI/c1-7-15(2)24-18(25)12-13-22-19(21-6)23-14-16-10-8-9-11-17(16)26-20(3,4)5;/h8-11,15H,7,12-14H2,1-6H3,(H,24,25)(H2,21,22,23);1H. The first-order chi connectivity index (χ1) is 12.2. The lowest BCUT2D eigenvalue weighted by molar-refractivity contribution is -0.121. The SMILES string of the molecule is CCC(C)NC(=O)CCNC(=NC)NCc1ccccc1OC(C)(C)C.I. The molecule has 1 unspecified atom stereocenters. The van der Waals surface area contributed by atoms with Gasteiger partial charge in [0.05, 0.1) is 0 Å². The quantitative estimate of drug-likeness (QED) is 0.297. The summed E-state index contributed by atoms with van der Waals surface area (Å²) in [7, 11) is 1.71. The second-order valence-corrected chi connectivity index (χ2v) is 7.30. The van der Waals surface area contributed by atoms with E-state index in [9.17, 15) is 4.79 Å². The number of guanidine groups is 1. The number of rotatable bonds is 8. The summed E-state index contributed by atoms with van der Waals surface area (Å²) in [6, 6.07) is 8.16. The highest BCUT2D eigenvalue weighted by Crippen LogP contribution is 2.22. The van der Waals surface area contributed by atoms with Crippen molar-refractivity contribution in [2.45, 2.75) is 65.6 Å². The molecule has 0 radical (unpaired) electrons. The Labute approximate surface area is 181 Å². The molecular weight excluding hydrogens is 455 g/mol. The molecule has 0 saturated heterocycles. The molecule has 6 nitrogen and oxygen atoms in total. The van der Waals surface area contributed by atoms with E-state index in [4.69, 9.17) is 4.74 Å². The Morgan fingerprint density at radius 1 is 1.22 bits per heavy atom. The minimum absolute atomic E-state index is 0. The highest BCUT2D eigenvalue weighted by Gasteiger charge is 2.14. The highest BCUT2D eigenvalue weighted by atomic mass is 127. The highest BCUT2D eigenvalue weighted by molar-refractivity contribution is 14.0. The lowest BCUT2D eigenvalue weighted by Gasteiger charge is -2.23. The number of amides is 1. The molecule has 27 heavy (non-hydrogen) atoms. The summed E-state index contributed by atoms with van der Waals surface area (Å²) in [5, 5.41) is 9.38. The van der Waals surface area contributed by atoms with Crippen LogP contribution in [-0.2, 0) is 11.3 Å². The summed E-state index contributed by atoms with van der Waals surface area (Å²) < 4.78 is 6.01. The molecule has 1 rings (SSSR count). The average molecular weight is 490 g/mol. The molecule has 0 spiro atoms. The molecule has 0 aliphatic carbocycles. The van der Waals surface area contributed by atoms with Crippen LogP contribution in [0.5, 0.6) is 5.75 Å². The fourth-order valence-corrected chi connectivity index (χ4v) is 2.22. The lowest BCUT2D eigenvalue weighted by atomic mass is 10.1. The Hall–Kier alpha value is -1.51. The first-order valence-corrected chi connectivity index (χ1v) is 9.26. The van der Waals surface area contributed by atoms with Gasteiger partial charge in [0, 0.05) is 38.2 Å². The van der Waals surface area contributed by atoms with Crippen LogP contribution in [0, 0.1) is 0 Å². The fourth-order valence-electron chi connectivity index (χ4n) is 2.22. The van der Waals surface area contributed by atoms with Gasteiger partial charge < -0.3 is 20.7 Å². The molecule has 3 N–H and O–H groups in total. The second-order valence-electron chi connectivity index (χ2n) is 7.30. The monoisotopic (exact) mass is 490 g/mol. The van der Waals surface area contributed by atoms with Crippen molar-refractivity contribution in [3.05, 3.63) is 29.8 Å². The third-order valence-electron chi connectivity index (χ3n) is 3.72. The van der Waals surface area contributed by atoms with Gasteiger partial charge in [-0.15, -0.1) is 24.0 Å². The lowest BCUT2D eigenvalue weighted by Crippen LogP contribution is -2.40. The zero-order valence-electron chi connectivity index (χ0n) is 17.4. The van der Waals surface area contributed by atoms with Gasteiger partial charge in [0.25, 0.3) is 0 Å². The van der Waals surface area contributed by atoms with Gasteiger partial charge >= 0.3 is 0 Å². The molecule has 154 valence electrons. The minimum Gasteiger partial charge on any atom is -0.488 e. The number of carbonyl (C=O) groups is 1. The molecule has 0 saturated carbocycles. The van der Waals surface area contributed by atoms with Crippen molar-refractivity contribution in [1.29, 1.82) is 0 Å². The summed E-state index contributed by atoms with van der Waals surface area (Å²) in [6.45, 7) is 11.3. The Balaban J connectivity index is 0.00000676. The van der Waals surface area contributed by atoms with Crippen molar-refractivity contribution < 1.29 is 9.53 Å². The zero-order chi connectivity index (χ0) is 19.6. The molecule has 1 aromatic rings. The molecule has 1 amide bonds. The smallest absolute Gasteiger partial charge is 0.221 e. The molecule has 0 fully saturated rings. The van der Waals surface area contributed by atoms with E-state index in [1.165, 1.54) is 0 Å². The van der Waals surface area contributed by atoms with Crippen molar-refractivity contribution in [2.24, 2.45) is 4.99 Å². The topological polar surface area (TPSA) is 74.8 Å². The van der Waals surface area contributed by atoms with Crippen LogP contribution >= 0.6 is 24.0 Å². The van der Waals surface area contributed by atoms with E-state index in [-0.39, 0.29) is 41.5 Å². The number of ether oxygens (including phenoxy) is 1.